The van der Waals surface area contributed by atoms with Gasteiger partial charge in [0.15, 0.2) is 6.29 Å². The molecule has 0 bridgehead atoms. The van der Waals surface area contributed by atoms with Crippen LogP contribution in [0, 0.1) is 5.92 Å². The first-order chi connectivity index (χ1) is 5.72. The molecule has 0 saturated carbocycles. The van der Waals surface area contributed by atoms with E-state index in [9.17, 15) is 4.79 Å². The van der Waals surface area contributed by atoms with E-state index >= 15 is 0 Å². The average molecular weight is 167 g/mol. The Hall–Kier alpha value is -1.19. The molecule has 0 atom stereocenters. The number of aryl methyl sites for hydroxylation is 1. The number of aldehydes is 1. The summed E-state index contributed by atoms with van der Waals surface area (Å²) in [6.45, 7) is 5.13. The van der Waals surface area contributed by atoms with Crippen molar-refractivity contribution in [3.05, 3.63) is 11.9 Å². The Morgan fingerprint density at radius 1 is 1.67 bits per heavy atom. The molecular weight excluding hydrogens is 154 g/mol. The molecule has 1 rings (SSSR count). The van der Waals surface area contributed by atoms with Crippen molar-refractivity contribution in [1.29, 1.82) is 0 Å². The molecule has 1 aromatic rings. The molecule has 0 amide bonds. The summed E-state index contributed by atoms with van der Waals surface area (Å²) in [7, 11) is 0. The van der Waals surface area contributed by atoms with E-state index in [-0.39, 0.29) is 0 Å². The summed E-state index contributed by atoms with van der Waals surface area (Å²) in [5.41, 5.74) is 0.402. The second kappa shape index (κ2) is 3.99. The third-order valence-corrected chi connectivity index (χ3v) is 1.61. The van der Waals surface area contributed by atoms with Crippen molar-refractivity contribution in [3.63, 3.8) is 0 Å². The Bertz CT molecular complexity index is 255. The second-order valence-corrected chi connectivity index (χ2v) is 3.21. The molecule has 0 saturated heterocycles. The number of rotatable bonds is 4. The van der Waals surface area contributed by atoms with E-state index in [0.29, 0.717) is 17.9 Å². The maximum atomic E-state index is 10.2. The zero-order valence-corrected chi connectivity index (χ0v) is 7.40. The summed E-state index contributed by atoms with van der Waals surface area (Å²) in [5.74, 6) is 0.647. The van der Waals surface area contributed by atoms with Gasteiger partial charge in [-0.15, -0.1) is 5.10 Å². The molecule has 0 radical (unpaired) electrons. The van der Waals surface area contributed by atoms with E-state index in [1.54, 1.807) is 10.9 Å². The maximum absolute atomic E-state index is 10.2. The van der Waals surface area contributed by atoms with Crippen LogP contribution < -0.4 is 0 Å². The fourth-order valence-corrected chi connectivity index (χ4v) is 0.867. The predicted molar refractivity (Wildman–Crippen MR) is 44.9 cm³/mol. The first-order valence-electron chi connectivity index (χ1n) is 4.07. The Morgan fingerprint density at radius 3 is 2.92 bits per heavy atom. The molecule has 12 heavy (non-hydrogen) atoms. The summed E-state index contributed by atoms with van der Waals surface area (Å²) < 4.78 is 1.70. The van der Waals surface area contributed by atoms with E-state index in [0.717, 1.165) is 13.0 Å². The summed E-state index contributed by atoms with van der Waals surface area (Å²) >= 11 is 0. The van der Waals surface area contributed by atoms with Crippen molar-refractivity contribution >= 4 is 6.29 Å². The molecule has 0 unspecified atom stereocenters. The highest BCUT2D eigenvalue weighted by molar-refractivity contribution is 5.70. The van der Waals surface area contributed by atoms with Crippen LogP contribution in [-0.2, 0) is 6.54 Å². The lowest BCUT2D eigenvalue weighted by atomic mass is 10.1. The number of hydrogen-bond acceptors (Lipinski definition) is 3. The molecular formula is C8H13N3O. The smallest absolute Gasteiger partial charge is 0.171 e. The van der Waals surface area contributed by atoms with Crippen molar-refractivity contribution in [1.82, 2.24) is 15.0 Å². The summed E-state index contributed by atoms with van der Waals surface area (Å²) in [6.07, 6.45) is 3.43. The van der Waals surface area contributed by atoms with Gasteiger partial charge >= 0.3 is 0 Å². The molecule has 0 aliphatic heterocycles. The predicted octanol–water partition coefficient (Wildman–Crippen LogP) is 1.14. The first-order valence-corrected chi connectivity index (χ1v) is 4.07. The van der Waals surface area contributed by atoms with Crippen LogP contribution in [0.25, 0.3) is 0 Å². The molecule has 1 aromatic heterocycles. The highest BCUT2D eigenvalue weighted by atomic mass is 16.1. The molecule has 0 N–H and O–H groups in total. The maximum Gasteiger partial charge on any atom is 0.171 e. The fourth-order valence-electron chi connectivity index (χ4n) is 0.867. The van der Waals surface area contributed by atoms with Crippen molar-refractivity contribution in [2.75, 3.05) is 0 Å². The van der Waals surface area contributed by atoms with Crippen LogP contribution in [0.1, 0.15) is 30.8 Å². The van der Waals surface area contributed by atoms with Gasteiger partial charge in [0.05, 0.1) is 6.20 Å². The minimum Gasteiger partial charge on any atom is -0.296 e. The van der Waals surface area contributed by atoms with Gasteiger partial charge in [0.1, 0.15) is 5.69 Å². The largest absolute Gasteiger partial charge is 0.296 e. The quantitative estimate of drug-likeness (QED) is 0.632. The van der Waals surface area contributed by atoms with Crippen LogP contribution in [-0.4, -0.2) is 21.3 Å². The molecule has 0 spiro atoms. The van der Waals surface area contributed by atoms with E-state index in [4.69, 9.17) is 0 Å². The van der Waals surface area contributed by atoms with Crippen molar-refractivity contribution in [3.8, 4) is 0 Å². The lowest BCUT2D eigenvalue weighted by Gasteiger charge is -2.02. The third-order valence-electron chi connectivity index (χ3n) is 1.61. The van der Waals surface area contributed by atoms with E-state index in [1.807, 2.05) is 0 Å². The molecule has 4 nitrogen and oxygen atoms in total. The fraction of sp³-hybridized carbons (Fsp3) is 0.625. The van der Waals surface area contributed by atoms with Crippen LogP contribution >= 0.6 is 0 Å². The van der Waals surface area contributed by atoms with Gasteiger partial charge in [0, 0.05) is 6.54 Å². The van der Waals surface area contributed by atoms with Gasteiger partial charge in [-0.3, -0.25) is 9.48 Å². The second-order valence-electron chi connectivity index (χ2n) is 3.21. The molecule has 66 valence electrons. The van der Waals surface area contributed by atoms with Crippen LogP contribution in [0.3, 0.4) is 0 Å². The van der Waals surface area contributed by atoms with Gasteiger partial charge in [-0.25, -0.2) is 0 Å². The van der Waals surface area contributed by atoms with Crippen molar-refractivity contribution < 1.29 is 4.79 Å². The van der Waals surface area contributed by atoms with Crippen LogP contribution in [0.5, 0.6) is 0 Å². The van der Waals surface area contributed by atoms with E-state index in [1.165, 1.54) is 0 Å². The molecule has 4 heteroatoms. The average Bonchev–Trinajstić information content (AvgIpc) is 2.48. The highest BCUT2D eigenvalue weighted by Crippen LogP contribution is 2.01. The SMILES string of the molecule is CC(C)CCn1cc(C=O)nn1. The van der Waals surface area contributed by atoms with Gasteiger partial charge in [-0.1, -0.05) is 19.1 Å². The minimum atomic E-state index is 0.402. The van der Waals surface area contributed by atoms with Gasteiger partial charge in [0.2, 0.25) is 0 Å². The summed E-state index contributed by atoms with van der Waals surface area (Å²) in [4.78, 5) is 10.2. The standard InChI is InChI=1S/C8H13N3O/c1-7(2)3-4-11-5-8(6-12)9-10-11/h5-7H,3-4H2,1-2H3. The van der Waals surface area contributed by atoms with Crippen molar-refractivity contribution in [2.24, 2.45) is 5.92 Å². The van der Waals surface area contributed by atoms with E-state index < -0.39 is 0 Å². The zero-order chi connectivity index (χ0) is 8.97. The van der Waals surface area contributed by atoms with E-state index in [2.05, 4.69) is 24.2 Å². The molecule has 1 heterocycles. The topological polar surface area (TPSA) is 47.8 Å². The summed E-state index contributed by atoms with van der Waals surface area (Å²) in [6, 6.07) is 0. The number of aromatic nitrogens is 3. The number of hydrogen-bond donors (Lipinski definition) is 0. The van der Waals surface area contributed by atoms with Gasteiger partial charge in [-0.05, 0) is 12.3 Å². The Kier molecular flexibility index (Phi) is 2.96. The highest BCUT2D eigenvalue weighted by Gasteiger charge is 1.99. The minimum absolute atomic E-state index is 0.402. The summed E-state index contributed by atoms with van der Waals surface area (Å²) in [5, 5.41) is 7.45. The first kappa shape index (κ1) is 8.90. The monoisotopic (exact) mass is 167 g/mol. The van der Waals surface area contributed by atoms with Crippen LogP contribution in [0.2, 0.25) is 0 Å². The number of nitrogens with zero attached hydrogens (tertiary/aromatic N) is 3. The Morgan fingerprint density at radius 2 is 2.42 bits per heavy atom. The van der Waals surface area contributed by atoms with Crippen LogP contribution in [0.4, 0.5) is 0 Å². The van der Waals surface area contributed by atoms with Gasteiger partial charge in [0.25, 0.3) is 0 Å². The van der Waals surface area contributed by atoms with Crippen molar-refractivity contribution in [2.45, 2.75) is 26.8 Å². The Labute approximate surface area is 71.6 Å². The Balaban J connectivity index is 2.47. The zero-order valence-electron chi connectivity index (χ0n) is 7.40. The molecule has 0 aliphatic carbocycles. The normalized spacial score (nSPS) is 10.6. The lowest BCUT2D eigenvalue weighted by Crippen LogP contribution is -2.01. The number of carbonyl (C=O) groups excluding carboxylic acids is 1. The van der Waals surface area contributed by atoms with Gasteiger partial charge < -0.3 is 0 Å². The molecule has 0 aliphatic rings. The molecule has 0 aromatic carbocycles. The van der Waals surface area contributed by atoms with Crippen LogP contribution in [0.15, 0.2) is 6.20 Å². The lowest BCUT2D eigenvalue weighted by molar-refractivity contribution is 0.111. The molecule has 0 fully saturated rings. The van der Waals surface area contributed by atoms with Gasteiger partial charge in [-0.2, -0.15) is 0 Å². The number of carbonyl (C=O) groups is 1. The third kappa shape index (κ3) is 2.45.